The van der Waals surface area contributed by atoms with Gasteiger partial charge in [0, 0.05) is 43.4 Å². The lowest BCUT2D eigenvalue weighted by Crippen LogP contribution is -2.31. The van der Waals surface area contributed by atoms with Gasteiger partial charge in [-0.1, -0.05) is 12.1 Å². The number of hydrogen-bond donors (Lipinski definition) is 0. The SMILES string of the molecule is Fc1cccc(CN2CCc3c(ncn3C3CC3)C2)c1F. The van der Waals surface area contributed by atoms with Crippen molar-refractivity contribution >= 4 is 0 Å². The molecule has 0 bridgehead atoms. The van der Waals surface area contributed by atoms with Crippen LogP contribution in [0.4, 0.5) is 8.78 Å². The summed E-state index contributed by atoms with van der Waals surface area (Å²) in [6.45, 7) is 2.01. The lowest BCUT2D eigenvalue weighted by atomic mass is 10.1. The van der Waals surface area contributed by atoms with Gasteiger partial charge in [0.05, 0.1) is 12.0 Å². The molecule has 1 aliphatic heterocycles. The molecule has 0 saturated heterocycles. The van der Waals surface area contributed by atoms with Crippen LogP contribution in [0, 0.1) is 11.6 Å². The maximum Gasteiger partial charge on any atom is 0.163 e. The minimum Gasteiger partial charge on any atom is -0.331 e. The summed E-state index contributed by atoms with van der Waals surface area (Å²) in [4.78, 5) is 6.63. The summed E-state index contributed by atoms with van der Waals surface area (Å²) in [7, 11) is 0. The van der Waals surface area contributed by atoms with E-state index in [2.05, 4.69) is 14.5 Å². The monoisotopic (exact) mass is 289 g/mol. The second-order valence-electron chi connectivity index (χ2n) is 5.95. The summed E-state index contributed by atoms with van der Waals surface area (Å²) in [5.74, 6) is -1.50. The maximum atomic E-state index is 13.7. The largest absolute Gasteiger partial charge is 0.331 e. The highest BCUT2D eigenvalue weighted by Gasteiger charge is 2.29. The average Bonchev–Trinajstić information content (AvgIpc) is 3.24. The Kier molecular flexibility index (Phi) is 3.03. The molecule has 2 aromatic rings. The number of nitrogens with zero attached hydrogens (tertiary/aromatic N) is 3. The van der Waals surface area contributed by atoms with Crippen LogP contribution in [0.3, 0.4) is 0 Å². The Bertz CT molecular complexity index is 676. The molecule has 1 aromatic heterocycles. The Labute approximate surface area is 122 Å². The van der Waals surface area contributed by atoms with Crippen molar-refractivity contribution < 1.29 is 8.78 Å². The van der Waals surface area contributed by atoms with Crippen molar-refractivity contribution in [2.24, 2.45) is 0 Å². The average molecular weight is 289 g/mol. The molecular weight excluding hydrogens is 272 g/mol. The van der Waals surface area contributed by atoms with Gasteiger partial charge >= 0.3 is 0 Å². The number of benzene rings is 1. The molecule has 0 amide bonds. The van der Waals surface area contributed by atoms with Crippen molar-refractivity contribution in [3.8, 4) is 0 Å². The predicted octanol–water partition coefficient (Wildman–Crippen LogP) is 3.05. The molecule has 1 aliphatic carbocycles. The van der Waals surface area contributed by atoms with Gasteiger partial charge in [0.25, 0.3) is 0 Å². The Morgan fingerprint density at radius 2 is 2.10 bits per heavy atom. The van der Waals surface area contributed by atoms with Gasteiger partial charge in [-0.15, -0.1) is 0 Å². The third kappa shape index (κ3) is 2.35. The minimum atomic E-state index is -0.775. The van der Waals surface area contributed by atoms with Crippen LogP contribution >= 0.6 is 0 Å². The lowest BCUT2D eigenvalue weighted by molar-refractivity contribution is 0.235. The van der Waals surface area contributed by atoms with Crippen LogP contribution in [0.2, 0.25) is 0 Å². The Balaban J connectivity index is 1.52. The molecule has 2 aliphatic rings. The van der Waals surface area contributed by atoms with Crippen molar-refractivity contribution in [1.82, 2.24) is 14.5 Å². The van der Waals surface area contributed by atoms with E-state index in [0.717, 1.165) is 24.7 Å². The van der Waals surface area contributed by atoms with Gasteiger partial charge in [-0.3, -0.25) is 4.90 Å². The summed E-state index contributed by atoms with van der Waals surface area (Å²) >= 11 is 0. The van der Waals surface area contributed by atoms with E-state index in [9.17, 15) is 8.78 Å². The van der Waals surface area contributed by atoms with Crippen molar-refractivity contribution in [3.05, 3.63) is 53.1 Å². The number of hydrogen-bond acceptors (Lipinski definition) is 2. The zero-order valence-corrected chi connectivity index (χ0v) is 11.7. The summed E-state index contributed by atoms with van der Waals surface area (Å²) in [5, 5.41) is 0. The molecule has 0 radical (unpaired) electrons. The van der Waals surface area contributed by atoms with E-state index in [4.69, 9.17) is 0 Å². The van der Waals surface area contributed by atoms with Gasteiger partial charge in [-0.25, -0.2) is 13.8 Å². The molecule has 2 heterocycles. The molecule has 3 nitrogen and oxygen atoms in total. The van der Waals surface area contributed by atoms with Crippen LogP contribution in [0.5, 0.6) is 0 Å². The van der Waals surface area contributed by atoms with Crippen molar-refractivity contribution in [2.75, 3.05) is 6.54 Å². The van der Waals surface area contributed by atoms with E-state index >= 15 is 0 Å². The summed E-state index contributed by atoms with van der Waals surface area (Å²) in [5.41, 5.74) is 2.83. The second kappa shape index (κ2) is 4.91. The smallest absolute Gasteiger partial charge is 0.163 e. The third-order valence-electron chi connectivity index (χ3n) is 4.39. The first kappa shape index (κ1) is 13.0. The normalized spacial score (nSPS) is 18.8. The molecule has 0 unspecified atom stereocenters. The van der Waals surface area contributed by atoms with Gasteiger partial charge in [0.1, 0.15) is 0 Å². The van der Waals surface area contributed by atoms with Crippen molar-refractivity contribution in [2.45, 2.75) is 38.4 Å². The van der Waals surface area contributed by atoms with E-state index in [1.165, 1.54) is 18.5 Å². The maximum absolute atomic E-state index is 13.7. The number of aromatic nitrogens is 2. The summed E-state index contributed by atoms with van der Waals surface area (Å²) < 4.78 is 29.3. The molecule has 0 atom stereocenters. The van der Waals surface area contributed by atoms with Crippen LogP contribution in [0.1, 0.15) is 35.8 Å². The Morgan fingerprint density at radius 3 is 2.90 bits per heavy atom. The highest BCUT2D eigenvalue weighted by molar-refractivity contribution is 5.22. The highest BCUT2D eigenvalue weighted by atomic mass is 19.2. The Morgan fingerprint density at radius 1 is 1.24 bits per heavy atom. The molecule has 0 N–H and O–H groups in total. The number of fused-ring (bicyclic) bond motifs is 1. The van der Waals surface area contributed by atoms with Crippen LogP contribution in [-0.2, 0) is 19.5 Å². The highest BCUT2D eigenvalue weighted by Crippen LogP contribution is 2.37. The number of halogens is 2. The van der Waals surface area contributed by atoms with Gasteiger partial charge in [0.2, 0.25) is 0 Å². The molecule has 21 heavy (non-hydrogen) atoms. The van der Waals surface area contributed by atoms with Crippen LogP contribution < -0.4 is 0 Å². The zero-order chi connectivity index (χ0) is 14.4. The first-order valence-corrected chi connectivity index (χ1v) is 7.42. The quantitative estimate of drug-likeness (QED) is 0.866. The fourth-order valence-electron chi connectivity index (χ4n) is 3.10. The molecule has 4 rings (SSSR count). The first-order chi connectivity index (χ1) is 10.2. The first-order valence-electron chi connectivity index (χ1n) is 7.42. The van der Waals surface area contributed by atoms with E-state index < -0.39 is 11.6 Å². The topological polar surface area (TPSA) is 21.1 Å². The van der Waals surface area contributed by atoms with Crippen LogP contribution in [0.15, 0.2) is 24.5 Å². The van der Waals surface area contributed by atoms with E-state index in [1.54, 1.807) is 12.1 Å². The third-order valence-corrected chi connectivity index (χ3v) is 4.39. The van der Waals surface area contributed by atoms with E-state index in [1.807, 2.05) is 6.33 Å². The van der Waals surface area contributed by atoms with Crippen molar-refractivity contribution in [3.63, 3.8) is 0 Å². The standard InChI is InChI=1S/C16H17F2N3/c17-13-3-1-2-11(16(13)18)8-20-7-6-15-14(9-20)19-10-21(15)12-4-5-12/h1-3,10,12H,4-9H2. The lowest BCUT2D eigenvalue weighted by Gasteiger charge is -2.27. The zero-order valence-electron chi connectivity index (χ0n) is 11.7. The Hall–Kier alpha value is -1.75. The van der Waals surface area contributed by atoms with Crippen LogP contribution in [-0.4, -0.2) is 21.0 Å². The molecule has 1 aromatic carbocycles. The summed E-state index contributed by atoms with van der Waals surface area (Å²) in [6.07, 6.45) is 5.37. The van der Waals surface area contributed by atoms with Gasteiger partial charge in [0.15, 0.2) is 11.6 Å². The fraction of sp³-hybridized carbons (Fsp3) is 0.438. The van der Waals surface area contributed by atoms with Crippen LogP contribution in [0.25, 0.3) is 0 Å². The minimum absolute atomic E-state index is 0.417. The molecular formula is C16H17F2N3. The fourth-order valence-corrected chi connectivity index (χ4v) is 3.10. The molecule has 1 saturated carbocycles. The van der Waals surface area contributed by atoms with Gasteiger partial charge < -0.3 is 4.57 Å². The molecule has 1 fully saturated rings. The van der Waals surface area contributed by atoms with Gasteiger partial charge in [-0.05, 0) is 18.9 Å². The molecule has 0 spiro atoms. The number of rotatable bonds is 3. The van der Waals surface area contributed by atoms with E-state index in [0.29, 0.717) is 24.7 Å². The van der Waals surface area contributed by atoms with Gasteiger partial charge in [-0.2, -0.15) is 0 Å². The summed E-state index contributed by atoms with van der Waals surface area (Å²) in [6, 6.07) is 5.01. The second-order valence-corrected chi connectivity index (χ2v) is 5.95. The number of imidazole rings is 1. The molecule has 110 valence electrons. The van der Waals surface area contributed by atoms with Crippen molar-refractivity contribution in [1.29, 1.82) is 0 Å². The predicted molar refractivity (Wildman–Crippen MR) is 74.7 cm³/mol. The molecule has 5 heteroatoms. The van der Waals surface area contributed by atoms with E-state index in [-0.39, 0.29) is 0 Å².